The second kappa shape index (κ2) is 7.12. The van der Waals surface area contributed by atoms with Crippen molar-refractivity contribution in [3.8, 4) is 11.8 Å². The van der Waals surface area contributed by atoms with E-state index in [1.165, 1.54) is 38.5 Å². The molecule has 1 heterocycles. The van der Waals surface area contributed by atoms with Crippen LogP contribution < -0.4 is 10.1 Å². The molecule has 1 amide bonds. The van der Waals surface area contributed by atoms with E-state index >= 15 is 0 Å². The van der Waals surface area contributed by atoms with Gasteiger partial charge in [-0.1, -0.05) is 18.2 Å². The molecule has 1 aromatic carbocycles. The minimum absolute atomic E-state index is 0.110. The van der Waals surface area contributed by atoms with E-state index in [0.29, 0.717) is 18.2 Å². The maximum absolute atomic E-state index is 13.0. The van der Waals surface area contributed by atoms with E-state index in [-0.39, 0.29) is 11.3 Å². The number of ether oxygens (including phenoxy) is 1. The average molecular weight is 392 g/mol. The highest BCUT2D eigenvalue weighted by Crippen LogP contribution is 2.61. The van der Waals surface area contributed by atoms with Crippen LogP contribution in [0, 0.1) is 37.0 Å². The van der Waals surface area contributed by atoms with Crippen LogP contribution in [0.4, 0.5) is 5.69 Å². The summed E-state index contributed by atoms with van der Waals surface area (Å²) >= 11 is 0. The molecule has 0 aliphatic heterocycles. The second-order valence-corrected chi connectivity index (χ2v) is 9.61. The fraction of sp³-hybridized carbons (Fsp3) is 0.542. The Kier molecular flexibility index (Phi) is 4.56. The molecule has 4 aliphatic carbocycles. The number of aromatic nitrogens is 2. The Labute approximate surface area is 172 Å². The highest BCUT2D eigenvalue weighted by molar-refractivity contribution is 5.92. The summed E-state index contributed by atoms with van der Waals surface area (Å²) in [7, 11) is 0. The molecule has 29 heavy (non-hydrogen) atoms. The van der Waals surface area contributed by atoms with Crippen LogP contribution in [0.15, 0.2) is 30.3 Å². The Morgan fingerprint density at radius 2 is 1.55 bits per heavy atom. The monoisotopic (exact) mass is 391 g/mol. The molecule has 1 N–H and O–H groups in total. The molecule has 6 rings (SSSR count). The van der Waals surface area contributed by atoms with Gasteiger partial charge in [-0.15, -0.1) is 0 Å². The lowest BCUT2D eigenvalue weighted by molar-refractivity contribution is -0.124. The molecule has 5 heteroatoms. The van der Waals surface area contributed by atoms with E-state index in [1.807, 2.05) is 44.2 Å². The fourth-order valence-electron chi connectivity index (χ4n) is 6.54. The first-order chi connectivity index (χ1) is 14.0. The van der Waals surface area contributed by atoms with Gasteiger partial charge in [0.1, 0.15) is 5.75 Å². The van der Waals surface area contributed by atoms with Gasteiger partial charge >= 0.3 is 6.01 Å². The largest absolute Gasteiger partial charge is 0.424 e. The Hall–Kier alpha value is -2.43. The quantitative estimate of drug-likeness (QED) is 0.738. The zero-order valence-corrected chi connectivity index (χ0v) is 17.3. The standard InChI is InChI=1S/C24H29N3O2/c1-15-22(16(2)26-23(25-15)29-20-6-4-3-5-7-20)27-21(28)14-24-11-17-8-18(12-24)10-19(9-17)13-24/h3-7,17-19H,8-14H2,1-2H3,(H,27,28). The van der Waals surface area contributed by atoms with E-state index in [0.717, 1.165) is 34.8 Å². The van der Waals surface area contributed by atoms with Crippen LogP contribution >= 0.6 is 0 Å². The number of hydrogen-bond acceptors (Lipinski definition) is 4. The van der Waals surface area contributed by atoms with Crippen molar-refractivity contribution in [3.05, 3.63) is 41.7 Å². The maximum Gasteiger partial charge on any atom is 0.322 e. The summed E-state index contributed by atoms with van der Waals surface area (Å²) in [4.78, 5) is 21.9. The number of carbonyl (C=O) groups is 1. The van der Waals surface area contributed by atoms with Crippen molar-refractivity contribution < 1.29 is 9.53 Å². The molecule has 0 unspecified atom stereocenters. The number of anilines is 1. The number of rotatable bonds is 5. The molecule has 4 fully saturated rings. The third kappa shape index (κ3) is 3.75. The van der Waals surface area contributed by atoms with Crippen LogP contribution in [-0.2, 0) is 4.79 Å². The van der Waals surface area contributed by atoms with Gasteiger partial charge in [0.05, 0.1) is 17.1 Å². The summed E-state index contributed by atoms with van der Waals surface area (Å²) in [5.74, 6) is 3.38. The highest BCUT2D eigenvalue weighted by atomic mass is 16.5. The van der Waals surface area contributed by atoms with Gasteiger partial charge in [0.15, 0.2) is 0 Å². The van der Waals surface area contributed by atoms with Crippen molar-refractivity contribution in [1.29, 1.82) is 0 Å². The van der Waals surface area contributed by atoms with Crippen molar-refractivity contribution >= 4 is 11.6 Å². The molecule has 0 atom stereocenters. The Morgan fingerprint density at radius 1 is 1.00 bits per heavy atom. The molecule has 152 valence electrons. The van der Waals surface area contributed by atoms with Crippen LogP contribution in [-0.4, -0.2) is 15.9 Å². The van der Waals surface area contributed by atoms with Crippen molar-refractivity contribution in [1.82, 2.24) is 9.97 Å². The zero-order valence-electron chi connectivity index (χ0n) is 17.3. The van der Waals surface area contributed by atoms with E-state index in [9.17, 15) is 4.79 Å². The van der Waals surface area contributed by atoms with Gasteiger partial charge in [0.2, 0.25) is 5.91 Å². The van der Waals surface area contributed by atoms with Gasteiger partial charge in [-0.3, -0.25) is 4.79 Å². The first-order valence-corrected chi connectivity index (χ1v) is 10.9. The number of aryl methyl sites for hydroxylation is 2. The van der Waals surface area contributed by atoms with E-state index in [4.69, 9.17) is 4.74 Å². The van der Waals surface area contributed by atoms with Gasteiger partial charge < -0.3 is 10.1 Å². The summed E-state index contributed by atoms with van der Waals surface area (Å²) in [5.41, 5.74) is 2.43. The van der Waals surface area contributed by atoms with Crippen LogP contribution in [0.5, 0.6) is 11.8 Å². The van der Waals surface area contributed by atoms with Crippen LogP contribution in [0.3, 0.4) is 0 Å². The predicted molar refractivity (Wildman–Crippen MR) is 112 cm³/mol. The molecule has 2 aromatic rings. The van der Waals surface area contributed by atoms with Crippen molar-refractivity contribution in [2.45, 2.75) is 58.8 Å². The van der Waals surface area contributed by atoms with Crippen LogP contribution in [0.2, 0.25) is 0 Å². The number of amides is 1. The summed E-state index contributed by atoms with van der Waals surface area (Å²) in [6.45, 7) is 3.79. The molecule has 4 aliphatic rings. The molecule has 5 nitrogen and oxygen atoms in total. The summed E-state index contributed by atoms with van der Waals surface area (Å²) in [6.07, 6.45) is 8.55. The van der Waals surface area contributed by atoms with Crippen molar-refractivity contribution in [3.63, 3.8) is 0 Å². The summed E-state index contributed by atoms with van der Waals surface area (Å²) in [5, 5.41) is 3.13. The van der Waals surface area contributed by atoms with Crippen LogP contribution in [0.1, 0.15) is 56.3 Å². The number of hydrogen-bond donors (Lipinski definition) is 1. The highest BCUT2D eigenvalue weighted by Gasteiger charge is 2.51. The molecule has 0 radical (unpaired) electrons. The molecule has 4 bridgehead atoms. The zero-order chi connectivity index (χ0) is 20.0. The normalized spacial score (nSPS) is 29.7. The van der Waals surface area contributed by atoms with E-state index in [1.54, 1.807) is 0 Å². The summed E-state index contributed by atoms with van der Waals surface area (Å²) in [6, 6.07) is 9.81. The lowest BCUT2D eigenvalue weighted by Gasteiger charge is -2.56. The predicted octanol–water partition coefficient (Wildman–Crippen LogP) is 5.43. The van der Waals surface area contributed by atoms with Gasteiger partial charge in [0, 0.05) is 6.42 Å². The van der Waals surface area contributed by atoms with E-state index < -0.39 is 0 Å². The minimum Gasteiger partial charge on any atom is -0.424 e. The molecule has 1 aromatic heterocycles. The van der Waals surface area contributed by atoms with E-state index in [2.05, 4.69) is 15.3 Å². The average Bonchev–Trinajstić information content (AvgIpc) is 2.64. The third-order valence-corrected chi connectivity index (χ3v) is 7.17. The molecular formula is C24H29N3O2. The Morgan fingerprint density at radius 3 is 2.10 bits per heavy atom. The molecule has 4 saturated carbocycles. The molecule has 0 saturated heterocycles. The number of para-hydroxylation sites is 1. The topological polar surface area (TPSA) is 64.1 Å². The lowest BCUT2D eigenvalue weighted by atomic mass is 9.49. The molecule has 0 spiro atoms. The number of carbonyl (C=O) groups excluding carboxylic acids is 1. The van der Waals surface area contributed by atoms with Crippen molar-refractivity contribution in [2.24, 2.45) is 23.2 Å². The maximum atomic E-state index is 13.0. The fourth-order valence-corrected chi connectivity index (χ4v) is 6.54. The summed E-state index contributed by atoms with van der Waals surface area (Å²) < 4.78 is 5.76. The molecular weight excluding hydrogens is 362 g/mol. The third-order valence-electron chi connectivity index (χ3n) is 7.17. The number of nitrogens with one attached hydrogen (secondary N) is 1. The SMILES string of the molecule is Cc1nc(Oc2ccccc2)nc(C)c1NC(=O)CC12CC3CC(CC(C3)C1)C2. The van der Waals surface area contributed by atoms with Gasteiger partial charge in [-0.05, 0) is 87.7 Å². The van der Waals surface area contributed by atoms with Crippen molar-refractivity contribution in [2.75, 3.05) is 5.32 Å². The first kappa shape index (κ1) is 18.6. The lowest BCUT2D eigenvalue weighted by Crippen LogP contribution is -2.47. The smallest absolute Gasteiger partial charge is 0.322 e. The van der Waals surface area contributed by atoms with Crippen LogP contribution in [0.25, 0.3) is 0 Å². The second-order valence-electron chi connectivity index (χ2n) is 9.61. The Bertz CT molecular complexity index is 867. The Balaban J connectivity index is 1.28. The van der Waals surface area contributed by atoms with Gasteiger partial charge in [-0.25, -0.2) is 0 Å². The minimum atomic E-state index is 0.110. The van der Waals surface area contributed by atoms with Gasteiger partial charge in [-0.2, -0.15) is 9.97 Å². The number of nitrogens with zero attached hydrogens (tertiary/aromatic N) is 2. The first-order valence-electron chi connectivity index (χ1n) is 10.9. The number of benzene rings is 1. The van der Waals surface area contributed by atoms with Gasteiger partial charge in [0.25, 0.3) is 0 Å².